The highest BCUT2D eigenvalue weighted by Gasteiger charge is 2.26. The van der Waals surface area contributed by atoms with Crippen molar-refractivity contribution in [2.24, 2.45) is 0 Å². The van der Waals surface area contributed by atoms with Gasteiger partial charge in [-0.15, -0.1) is 0 Å². The molecule has 1 N–H and O–H groups in total. The molecule has 4 aromatic rings. The van der Waals surface area contributed by atoms with Crippen molar-refractivity contribution in [3.8, 4) is 39.1 Å². The second-order valence-corrected chi connectivity index (χ2v) is 7.39. The summed E-state index contributed by atoms with van der Waals surface area (Å²) >= 11 is 0. The van der Waals surface area contributed by atoms with Gasteiger partial charge in [-0.1, -0.05) is 91.0 Å². The Morgan fingerprint density at radius 2 is 0.839 bits per heavy atom. The summed E-state index contributed by atoms with van der Waals surface area (Å²) in [6.45, 7) is 0.587. The number of methoxy groups -OCH3 is 2. The van der Waals surface area contributed by atoms with Crippen LogP contribution in [0, 0.1) is 0 Å². The Morgan fingerprint density at radius 3 is 1.16 bits per heavy atom. The first-order valence-corrected chi connectivity index (χ1v) is 10.3. The van der Waals surface area contributed by atoms with Crippen LogP contribution in [0.25, 0.3) is 33.4 Å². The maximum atomic E-state index is 11.4. The molecule has 0 bridgehead atoms. The number of ether oxygens (including phenoxy) is 2. The van der Waals surface area contributed by atoms with Crippen molar-refractivity contribution in [2.75, 3.05) is 14.2 Å². The van der Waals surface area contributed by atoms with E-state index in [0.717, 1.165) is 44.5 Å². The average Bonchev–Trinajstić information content (AvgIpc) is 2.83. The molecule has 0 aliphatic rings. The van der Waals surface area contributed by atoms with Crippen LogP contribution in [-0.2, 0) is 22.7 Å². The van der Waals surface area contributed by atoms with Crippen molar-refractivity contribution in [3.63, 3.8) is 0 Å². The number of phenols is 1. The largest absolute Gasteiger partial charge is 0.507 e. The third-order valence-electron chi connectivity index (χ3n) is 5.44. The molecule has 4 aromatic carbocycles. The minimum Gasteiger partial charge on any atom is -0.507 e. The molecular weight excluding hydrogens is 384 g/mol. The lowest BCUT2D eigenvalue weighted by atomic mass is 9.81. The molecule has 0 radical (unpaired) electrons. The second-order valence-electron chi connectivity index (χ2n) is 7.39. The van der Waals surface area contributed by atoms with Crippen molar-refractivity contribution in [2.45, 2.75) is 13.2 Å². The topological polar surface area (TPSA) is 38.7 Å². The van der Waals surface area contributed by atoms with E-state index < -0.39 is 0 Å². The molecule has 156 valence electrons. The molecule has 0 saturated heterocycles. The summed E-state index contributed by atoms with van der Waals surface area (Å²) in [5.41, 5.74) is 7.69. The van der Waals surface area contributed by atoms with E-state index in [1.54, 1.807) is 14.2 Å². The number of benzene rings is 4. The zero-order valence-electron chi connectivity index (χ0n) is 17.8. The molecule has 3 heteroatoms. The summed E-state index contributed by atoms with van der Waals surface area (Å²) in [4.78, 5) is 0. The van der Waals surface area contributed by atoms with Crippen LogP contribution in [0.5, 0.6) is 5.75 Å². The molecule has 0 aromatic heterocycles. The van der Waals surface area contributed by atoms with Gasteiger partial charge < -0.3 is 14.6 Å². The minimum absolute atomic E-state index is 0.223. The number of hydrogen-bond acceptors (Lipinski definition) is 3. The van der Waals surface area contributed by atoms with Crippen molar-refractivity contribution in [1.29, 1.82) is 0 Å². The summed E-state index contributed by atoms with van der Waals surface area (Å²) in [6.07, 6.45) is 0. The molecule has 0 fully saturated rings. The van der Waals surface area contributed by atoms with E-state index in [2.05, 4.69) is 36.4 Å². The monoisotopic (exact) mass is 410 g/mol. The highest BCUT2D eigenvalue weighted by atomic mass is 16.5. The van der Waals surface area contributed by atoms with Crippen LogP contribution in [0.1, 0.15) is 11.1 Å². The van der Waals surface area contributed by atoms with Gasteiger partial charge in [0.2, 0.25) is 0 Å². The first-order valence-electron chi connectivity index (χ1n) is 10.3. The highest BCUT2D eigenvalue weighted by molar-refractivity contribution is 5.99. The van der Waals surface area contributed by atoms with E-state index in [1.807, 2.05) is 54.6 Å². The molecule has 0 unspecified atom stereocenters. The zero-order chi connectivity index (χ0) is 21.6. The van der Waals surface area contributed by atoms with Crippen LogP contribution in [0.4, 0.5) is 0 Å². The Morgan fingerprint density at radius 1 is 0.516 bits per heavy atom. The Bertz CT molecular complexity index is 1070. The molecular formula is C28H26O3. The van der Waals surface area contributed by atoms with Crippen molar-refractivity contribution in [1.82, 2.24) is 0 Å². The smallest absolute Gasteiger partial charge is 0.127 e. The summed E-state index contributed by atoms with van der Waals surface area (Å²) in [5.74, 6) is 0.223. The Balaban J connectivity index is 2.21. The van der Waals surface area contributed by atoms with E-state index in [0.29, 0.717) is 13.2 Å². The van der Waals surface area contributed by atoms with E-state index in [9.17, 15) is 5.11 Å². The number of hydrogen-bond donors (Lipinski definition) is 1. The van der Waals surface area contributed by atoms with Gasteiger partial charge in [0.1, 0.15) is 5.75 Å². The van der Waals surface area contributed by atoms with Crippen LogP contribution in [0.2, 0.25) is 0 Å². The fourth-order valence-corrected chi connectivity index (χ4v) is 4.16. The van der Waals surface area contributed by atoms with Crippen LogP contribution in [0.3, 0.4) is 0 Å². The van der Waals surface area contributed by atoms with Gasteiger partial charge in [0.15, 0.2) is 0 Å². The summed E-state index contributed by atoms with van der Waals surface area (Å²) < 4.78 is 11.1. The third kappa shape index (κ3) is 4.11. The molecule has 0 amide bonds. The lowest BCUT2D eigenvalue weighted by molar-refractivity contribution is 0.175. The Hall–Kier alpha value is -3.40. The van der Waals surface area contributed by atoms with Crippen LogP contribution >= 0.6 is 0 Å². The average molecular weight is 411 g/mol. The fourth-order valence-electron chi connectivity index (χ4n) is 4.16. The SMILES string of the molecule is COCc1c(O)c(COC)c(-c2ccccc2)c(-c2ccccc2)c1-c1ccccc1. The molecule has 0 aliphatic carbocycles. The normalized spacial score (nSPS) is 10.9. The summed E-state index contributed by atoms with van der Waals surface area (Å²) in [6, 6.07) is 30.7. The lowest BCUT2D eigenvalue weighted by Gasteiger charge is -2.25. The maximum Gasteiger partial charge on any atom is 0.127 e. The van der Waals surface area contributed by atoms with Gasteiger partial charge in [-0.3, -0.25) is 0 Å². The van der Waals surface area contributed by atoms with Crippen LogP contribution in [0.15, 0.2) is 91.0 Å². The van der Waals surface area contributed by atoms with Crippen LogP contribution in [-0.4, -0.2) is 19.3 Å². The Kier molecular flexibility index (Phi) is 6.46. The zero-order valence-corrected chi connectivity index (χ0v) is 17.8. The molecule has 0 heterocycles. The summed E-state index contributed by atoms with van der Waals surface area (Å²) in [5, 5.41) is 11.4. The van der Waals surface area contributed by atoms with E-state index >= 15 is 0 Å². The first kappa shape index (κ1) is 20.9. The van der Waals surface area contributed by atoms with Gasteiger partial charge >= 0.3 is 0 Å². The molecule has 31 heavy (non-hydrogen) atoms. The minimum atomic E-state index is 0.223. The molecule has 0 atom stereocenters. The van der Waals surface area contributed by atoms with Gasteiger partial charge in [0.05, 0.1) is 13.2 Å². The van der Waals surface area contributed by atoms with Crippen LogP contribution < -0.4 is 0 Å². The second kappa shape index (κ2) is 9.61. The first-order chi connectivity index (χ1) is 15.3. The predicted molar refractivity (Wildman–Crippen MR) is 126 cm³/mol. The highest BCUT2D eigenvalue weighted by Crippen LogP contribution is 2.49. The van der Waals surface area contributed by atoms with Gasteiger partial charge in [-0.25, -0.2) is 0 Å². The maximum absolute atomic E-state index is 11.4. The quantitative estimate of drug-likeness (QED) is 0.369. The van der Waals surface area contributed by atoms with Crippen molar-refractivity contribution in [3.05, 3.63) is 102 Å². The van der Waals surface area contributed by atoms with Gasteiger partial charge in [0.25, 0.3) is 0 Å². The fraction of sp³-hybridized carbons (Fsp3) is 0.143. The molecule has 0 spiro atoms. The van der Waals surface area contributed by atoms with E-state index in [1.165, 1.54) is 0 Å². The van der Waals surface area contributed by atoms with Crippen molar-refractivity contribution >= 4 is 0 Å². The van der Waals surface area contributed by atoms with E-state index in [-0.39, 0.29) is 5.75 Å². The predicted octanol–water partition coefficient (Wildman–Crippen LogP) is 6.69. The summed E-state index contributed by atoms with van der Waals surface area (Å²) in [7, 11) is 3.30. The molecule has 3 nitrogen and oxygen atoms in total. The van der Waals surface area contributed by atoms with Gasteiger partial charge in [-0.2, -0.15) is 0 Å². The Labute approximate surface area is 183 Å². The number of aromatic hydroxyl groups is 1. The van der Waals surface area contributed by atoms with Crippen molar-refractivity contribution < 1.29 is 14.6 Å². The molecule has 4 rings (SSSR count). The van der Waals surface area contributed by atoms with Gasteiger partial charge in [-0.05, 0) is 33.4 Å². The number of phenolic OH excluding ortho intramolecular Hbond substituents is 1. The molecule has 0 saturated carbocycles. The van der Waals surface area contributed by atoms with Gasteiger partial charge in [0, 0.05) is 25.3 Å². The van der Waals surface area contributed by atoms with E-state index in [4.69, 9.17) is 9.47 Å². The standard InChI is InChI=1S/C28H26O3/c1-30-18-23-25(20-12-6-3-7-13-20)27(22-16-10-5-11-17-22)26(21-14-8-4-9-15-21)24(19-31-2)28(23)29/h3-17,29H,18-19H2,1-2H3. The lowest BCUT2D eigenvalue weighted by Crippen LogP contribution is -2.04. The molecule has 0 aliphatic heterocycles. The third-order valence-corrected chi connectivity index (χ3v) is 5.44. The number of rotatable bonds is 7.